The van der Waals surface area contributed by atoms with Gasteiger partial charge in [0.1, 0.15) is 5.56 Å². The highest BCUT2D eigenvalue weighted by molar-refractivity contribution is 7.14. The molecule has 1 N–H and O–H groups in total. The summed E-state index contributed by atoms with van der Waals surface area (Å²) in [6.07, 6.45) is 0. The predicted octanol–water partition coefficient (Wildman–Crippen LogP) is 4.48. The van der Waals surface area contributed by atoms with Gasteiger partial charge in [0, 0.05) is 22.0 Å². The minimum absolute atomic E-state index is 0.110. The lowest BCUT2D eigenvalue weighted by Crippen LogP contribution is -2.21. The molecule has 0 aliphatic heterocycles. The number of amides is 1. The van der Waals surface area contributed by atoms with Gasteiger partial charge in [0.25, 0.3) is 11.6 Å². The molecule has 2 aromatic carbocycles. The van der Waals surface area contributed by atoms with Gasteiger partial charge in [-0.25, -0.2) is 9.78 Å². The molecule has 0 saturated heterocycles. The summed E-state index contributed by atoms with van der Waals surface area (Å²) < 4.78 is 4.88. The topological polar surface area (TPSA) is 111 Å². The Balaban J connectivity index is 1.60. The normalized spacial score (nSPS) is 10.4. The number of thiazole rings is 1. The van der Waals surface area contributed by atoms with Gasteiger partial charge in [0.05, 0.1) is 10.6 Å². The van der Waals surface area contributed by atoms with Crippen molar-refractivity contribution in [2.75, 3.05) is 11.9 Å². The molecular formula is C19H14ClN3O5S. The van der Waals surface area contributed by atoms with Crippen molar-refractivity contribution in [3.8, 4) is 11.3 Å². The number of esters is 1. The molecule has 0 aliphatic carbocycles. The van der Waals surface area contributed by atoms with E-state index in [-0.39, 0.29) is 10.6 Å². The van der Waals surface area contributed by atoms with E-state index in [0.717, 1.165) is 17.2 Å². The van der Waals surface area contributed by atoms with Gasteiger partial charge < -0.3 is 4.74 Å². The summed E-state index contributed by atoms with van der Waals surface area (Å²) in [5, 5.41) is 15.8. The number of nitro benzene ring substituents is 1. The monoisotopic (exact) mass is 431 g/mol. The van der Waals surface area contributed by atoms with Crippen molar-refractivity contribution < 1.29 is 19.2 Å². The van der Waals surface area contributed by atoms with Crippen LogP contribution in [0.15, 0.2) is 47.8 Å². The third-order valence-corrected chi connectivity index (χ3v) is 4.80. The van der Waals surface area contributed by atoms with Gasteiger partial charge in [-0.2, -0.15) is 0 Å². The maximum absolute atomic E-state index is 12.1. The number of hydrogen-bond donors (Lipinski definition) is 1. The van der Waals surface area contributed by atoms with Crippen LogP contribution in [-0.2, 0) is 9.53 Å². The highest BCUT2D eigenvalue weighted by Crippen LogP contribution is 2.26. The minimum Gasteiger partial charge on any atom is -0.452 e. The van der Waals surface area contributed by atoms with Crippen LogP contribution in [0.5, 0.6) is 0 Å². The smallest absolute Gasteiger partial charge is 0.345 e. The fourth-order valence-electron chi connectivity index (χ4n) is 2.38. The van der Waals surface area contributed by atoms with E-state index in [4.69, 9.17) is 16.3 Å². The second-order valence-corrected chi connectivity index (χ2v) is 7.24. The summed E-state index contributed by atoms with van der Waals surface area (Å²) in [5.41, 5.74) is 1.96. The first-order valence-electron chi connectivity index (χ1n) is 8.27. The Morgan fingerprint density at radius 2 is 1.97 bits per heavy atom. The van der Waals surface area contributed by atoms with Gasteiger partial charge in [-0.05, 0) is 19.1 Å². The Kier molecular flexibility index (Phi) is 6.20. The highest BCUT2D eigenvalue weighted by atomic mass is 35.5. The molecule has 0 saturated carbocycles. The van der Waals surface area contributed by atoms with Gasteiger partial charge >= 0.3 is 5.97 Å². The molecule has 29 heavy (non-hydrogen) atoms. The second kappa shape index (κ2) is 8.80. The molecule has 1 heterocycles. The zero-order valence-electron chi connectivity index (χ0n) is 15.0. The average molecular weight is 432 g/mol. The number of carbonyl (C=O) groups excluding carboxylic acids is 2. The van der Waals surface area contributed by atoms with Gasteiger partial charge in [-0.15, -0.1) is 11.3 Å². The number of nitrogens with zero attached hydrogens (tertiary/aromatic N) is 2. The Hall–Kier alpha value is -3.30. The standard InChI is InChI=1S/C19H14ClN3O5S/c1-11-2-4-12(5-3-11)15-10-29-19(21-15)22-17(24)9-28-18(25)14-7-6-13(20)8-16(14)23(26)27/h2-8,10H,9H2,1H3,(H,21,22,24). The molecule has 10 heteroatoms. The number of carbonyl (C=O) groups is 2. The molecule has 0 bridgehead atoms. The van der Waals surface area contributed by atoms with E-state index >= 15 is 0 Å². The van der Waals surface area contributed by atoms with Crippen LogP contribution in [0, 0.1) is 17.0 Å². The Morgan fingerprint density at radius 1 is 1.24 bits per heavy atom. The molecular weight excluding hydrogens is 418 g/mol. The van der Waals surface area contributed by atoms with Gasteiger partial charge in [-0.1, -0.05) is 41.4 Å². The van der Waals surface area contributed by atoms with Gasteiger partial charge in [0.2, 0.25) is 0 Å². The van der Waals surface area contributed by atoms with Crippen molar-refractivity contribution in [1.82, 2.24) is 4.98 Å². The summed E-state index contributed by atoms with van der Waals surface area (Å²) in [5.74, 6) is -1.61. The summed E-state index contributed by atoms with van der Waals surface area (Å²) >= 11 is 6.94. The zero-order chi connectivity index (χ0) is 21.0. The lowest BCUT2D eigenvalue weighted by Gasteiger charge is -2.05. The van der Waals surface area contributed by atoms with Crippen LogP contribution >= 0.6 is 22.9 Å². The Labute approximate surface area is 174 Å². The number of benzene rings is 2. The molecule has 0 fully saturated rings. The molecule has 0 unspecified atom stereocenters. The van der Waals surface area contributed by atoms with E-state index in [9.17, 15) is 19.7 Å². The molecule has 3 aromatic rings. The van der Waals surface area contributed by atoms with Gasteiger partial charge in [-0.3, -0.25) is 20.2 Å². The van der Waals surface area contributed by atoms with Crippen LogP contribution in [0.25, 0.3) is 11.3 Å². The maximum Gasteiger partial charge on any atom is 0.345 e. The molecule has 0 atom stereocenters. The van der Waals surface area contributed by atoms with Crippen LogP contribution in [0.3, 0.4) is 0 Å². The van der Waals surface area contributed by atoms with Crippen molar-refractivity contribution in [1.29, 1.82) is 0 Å². The minimum atomic E-state index is -0.997. The van der Waals surface area contributed by atoms with E-state index in [2.05, 4.69) is 10.3 Å². The summed E-state index contributed by atoms with van der Waals surface area (Å²) in [6, 6.07) is 11.3. The molecule has 0 spiro atoms. The number of rotatable bonds is 6. The van der Waals surface area contributed by atoms with E-state index in [0.29, 0.717) is 10.8 Å². The number of hydrogen-bond acceptors (Lipinski definition) is 7. The van der Waals surface area contributed by atoms with Crippen LogP contribution in [0.1, 0.15) is 15.9 Å². The summed E-state index contributed by atoms with van der Waals surface area (Å²) in [7, 11) is 0. The van der Waals surface area contributed by atoms with E-state index in [1.165, 1.54) is 23.5 Å². The number of aryl methyl sites for hydroxylation is 1. The molecule has 8 nitrogen and oxygen atoms in total. The molecule has 1 aromatic heterocycles. The number of nitrogens with one attached hydrogen (secondary N) is 1. The number of halogens is 1. The van der Waals surface area contributed by atoms with Crippen molar-refractivity contribution in [3.05, 3.63) is 74.1 Å². The Bertz CT molecular complexity index is 1080. The third-order valence-electron chi connectivity index (χ3n) is 3.81. The van der Waals surface area contributed by atoms with Crippen molar-refractivity contribution in [3.63, 3.8) is 0 Å². The fourth-order valence-corrected chi connectivity index (χ4v) is 3.28. The van der Waals surface area contributed by atoms with Crippen LogP contribution in [0.2, 0.25) is 5.02 Å². The van der Waals surface area contributed by atoms with E-state index in [1.807, 2.05) is 31.2 Å². The zero-order valence-corrected chi connectivity index (χ0v) is 16.6. The number of nitro groups is 1. The first-order valence-corrected chi connectivity index (χ1v) is 9.53. The number of ether oxygens (including phenoxy) is 1. The molecule has 0 radical (unpaired) electrons. The van der Waals surface area contributed by atoms with E-state index < -0.39 is 29.1 Å². The first kappa shape index (κ1) is 20.4. The molecule has 3 rings (SSSR count). The highest BCUT2D eigenvalue weighted by Gasteiger charge is 2.22. The molecule has 148 valence electrons. The van der Waals surface area contributed by atoms with Crippen molar-refractivity contribution in [2.45, 2.75) is 6.92 Å². The quantitative estimate of drug-likeness (QED) is 0.350. The summed E-state index contributed by atoms with van der Waals surface area (Å²) in [6.45, 7) is 1.37. The molecule has 1 amide bonds. The van der Waals surface area contributed by atoms with E-state index in [1.54, 1.807) is 5.38 Å². The lowest BCUT2D eigenvalue weighted by molar-refractivity contribution is -0.385. The third kappa shape index (κ3) is 5.15. The lowest BCUT2D eigenvalue weighted by atomic mass is 10.1. The molecule has 0 aliphatic rings. The van der Waals surface area contributed by atoms with Crippen molar-refractivity contribution >= 4 is 45.6 Å². The predicted molar refractivity (Wildman–Crippen MR) is 109 cm³/mol. The average Bonchev–Trinajstić information content (AvgIpc) is 3.15. The first-order chi connectivity index (χ1) is 13.8. The fraction of sp³-hybridized carbons (Fsp3) is 0.105. The van der Waals surface area contributed by atoms with Crippen LogP contribution in [-0.4, -0.2) is 28.4 Å². The maximum atomic E-state index is 12.1. The van der Waals surface area contributed by atoms with Crippen LogP contribution < -0.4 is 5.32 Å². The Morgan fingerprint density at radius 3 is 2.66 bits per heavy atom. The van der Waals surface area contributed by atoms with Crippen LogP contribution in [0.4, 0.5) is 10.8 Å². The number of aromatic nitrogens is 1. The van der Waals surface area contributed by atoms with Gasteiger partial charge in [0.15, 0.2) is 11.7 Å². The summed E-state index contributed by atoms with van der Waals surface area (Å²) in [4.78, 5) is 38.8. The number of anilines is 1. The van der Waals surface area contributed by atoms with Crippen molar-refractivity contribution in [2.24, 2.45) is 0 Å². The SMILES string of the molecule is Cc1ccc(-c2csc(NC(=O)COC(=O)c3ccc(Cl)cc3[N+](=O)[O-])n2)cc1. The largest absolute Gasteiger partial charge is 0.452 e. The second-order valence-electron chi connectivity index (χ2n) is 5.95.